The Morgan fingerprint density at radius 2 is 1.73 bits per heavy atom. The van der Waals surface area contributed by atoms with Gasteiger partial charge >= 0.3 is 0 Å². The first-order valence-corrected chi connectivity index (χ1v) is 5.62. The first-order chi connectivity index (χ1) is 7.28. The van der Waals surface area contributed by atoms with Crippen LogP contribution in [0.4, 0.5) is 5.69 Å². The van der Waals surface area contributed by atoms with E-state index in [0.29, 0.717) is 0 Å². The summed E-state index contributed by atoms with van der Waals surface area (Å²) in [6, 6.07) is 10.5. The number of hydrogen-bond donors (Lipinski definition) is 0. The van der Waals surface area contributed by atoms with E-state index in [4.69, 9.17) is 4.74 Å². The normalized spacial score (nSPS) is 19.1. The molecule has 82 valence electrons. The molecule has 1 fully saturated rings. The number of anilines is 1. The number of ether oxygens (including phenoxy) is 1. The van der Waals surface area contributed by atoms with Gasteiger partial charge in [0.15, 0.2) is 0 Å². The monoisotopic (exact) mass is 205 g/mol. The predicted molar refractivity (Wildman–Crippen MR) is 63.1 cm³/mol. The molecule has 1 aromatic carbocycles. The molecule has 0 radical (unpaired) electrons. The highest BCUT2D eigenvalue weighted by molar-refractivity contribution is 5.47. The Hall–Kier alpha value is -1.02. The van der Waals surface area contributed by atoms with Crippen LogP contribution < -0.4 is 4.90 Å². The molecule has 0 aliphatic heterocycles. The number of para-hydroxylation sites is 1. The Labute approximate surface area is 91.9 Å². The maximum Gasteiger partial charge on any atom is 0.140 e. The maximum absolute atomic E-state index is 5.74. The minimum absolute atomic E-state index is 0.0681. The molecule has 2 nitrogen and oxygen atoms in total. The second-order valence-electron chi connectivity index (χ2n) is 4.25. The van der Waals surface area contributed by atoms with Crippen LogP contribution >= 0.6 is 0 Å². The van der Waals surface area contributed by atoms with E-state index in [0.717, 1.165) is 12.8 Å². The van der Waals surface area contributed by atoms with Gasteiger partial charge in [0.1, 0.15) is 5.72 Å². The summed E-state index contributed by atoms with van der Waals surface area (Å²) in [6.07, 6.45) is 4.81. The maximum atomic E-state index is 5.74. The van der Waals surface area contributed by atoms with Crippen molar-refractivity contribution in [3.8, 4) is 0 Å². The zero-order valence-electron chi connectivity index (χ0n) is 9.57. The van der Waals surface area contributed by atoms with Gasteiger partial charge in [0, 0.05) is 19.8 Å². The van der Waals surface area contributed by atoms with Gasteiger partial charge in [0.2, 0.25) is 0 Å². The van der Waals surface area contributed by atoms with Crippen molar-refractivity contribution in [3.05, 3.63) is 30.3 Å². The molecule has 0 amide bonds. The number of methoxy groups -OCH3 is 1. The molecule has 0 heterocycles. The van der Waals surface area contributed by atoms with Crippen molar-refractivity contribution >= 4 is 5.69 Å². The summed E-state index contributed by atoms with van der Waals surface area (Å²) in [6.45, 7) is 0. The van der Waals surface area contributed by atoms with Crippen LogP contribution in [0.1, 0.15) is 25.7 Å². The van der Waals surface area contributed by atoms with Crippen molar-refractivity contribution in [1.29, 1.82) is 0 Å². The summed E-state index contributed by atoms with van der Waals surface area (Å²) in [4.78, 5) is 2.28. The van der Waals surface area contributed by atoms with E-state index >= 15 is 0 Å². The Bertz CT molecular complexity index is 304. The Balaban J connectivity index is 2.22. The fourth-order valence-electron chi connectivity index (χ4n) is 2.49. The van der Waals surface area contributed by atoms with E-state index in [-0.39, 0.29) is 5.72 Å². The second kappa shape index (κ2) is 4.23. The van der Waals surface area contributed by atoms with Gasteiger partial charge in [0.05, 0.1) is 0 Å². The lowest BCUT2D eigenvalue weighted by Crippen LogP contribution is -2.46. The van der Waals surface area contributed by atoms with Crippen molar-refractivity contribution in [2.45, 2.75) is 31.4 Å². The molecule has 0 saturated heterocycles. The lowest BCUT2D eigenvalue weighted by atomic mass is 10.1. The van der Waals surface area contributed by atoms with E-state index in [1.807, 2.05) is 13.2 Å². The molecule has 2 rings (SSSR count). The van der Waals surface area contributed by atoms with Crippen LogP contribution in [-0.4, -0.2) is 19.9 Å². The van der Waals surface area contributed by atoms with Crippen LogP contribution in [0.5, 0.6) is 0 Å². The van der Waals surface area contributed by atoms with E-state index < -0.39 is 0 Å². The second-order valence-corrected chi connectivity index (χ2v) is 4.25. The number of nitrogens with zero attached hydrogens (tertiary/aromatic N) is 1. The summed E-state index contributed by atoms with van der Waals surface area (Å²) in [5.41, 5.74) is 1.17. The molecular weight excluding hydrogens is 186 g/mol. The molecular formula is C13H19NO. The third-order valence-corrected chi connectivity index (χ3v) is 3.52. The van der Waals surface area contributed by atoms with Crippen LogP contribution in [0.3, 0.4) is 0 Å². The van der Waals surface area contributed by atoms with Crippen molar-refractivity contribution in [3.63, 3.8) is 0 Å². The summed E-state index contributed by atoms with van der Waals surface area (Å²) in [5, 5.41) is 0. The van der Waals surface area contributed by atoms with Crippen LogP contribution in [0.25, 0.3) is 0 Å². The first kappa shape index (κ1) is 10.5. The van der Waals surface area contributed by atoms with Gasteiger partial charge in [-0.25, -0.2) is 0 Å². The molecule has 2 heteroatoms. The van der Waals surface area contributed by atoms with Crippen LogP contribution in [0.2, 0.25) is 0 Å². The van der Waals surface area contributed by atoms with Gasteiger partial charge in [0.25, 0.3) is 0 Å². The van der Waals surface area contributed by atoms with Crippen LogP contribution in [0, 0.1) is 0 Å². The van der Waals surface area contributed by atoms with E-state index in [1.165, 1.54) is 18.5 Å². The highest BCUT2D eigenvalue weighted by atomic mass is 16.5. The van der Waals surface area contributed by atoms with Crippen molar-refractivity contribution in [2.24, 2.45) is 0 Å². The van der Waals surface area contributed by atoms with Gasteiger partial charge in [-0.2, -0.15) is 0 Å². The van der Waals surface area contributed by atoms with Gasteiger partial charge < -0.3 is 9.64 Å². The smallest absolute Gasteiger partial charge is 0.140 e. The molecule has 1 saturated carbocycles. The topological polar surface area (TPSA) is 12.5 Å². The minimum atomic E-state index is -0.0681. The predicted octanol–water partition coefficient (Wildman–Crippen LogP) is 3.04. The summed E-state index contributed by atoms with van der Waals surface area (Å²) < 4.78 is 5.74. The largest absolute Gasteiger partial charge is 0.359 e. The van der Waals surface area contributed by atoms with Crippen molar-refractivity contribution < 1.29 is 4.74 Å². The molecule has 0 aromatic heterocycles. The van der Waals surface area contributed by atoms with Crippen LogP contribution in [0.15, 0.2) is 30.3 Å². The summed E-state index contributed by atoms with van der Waals surface area (Å²) in [5.74, 6) is 0. The molecule has 0 atom stereocenters. The van der Waals surface area contributed by atoms with Gasteiger partial charge in [-0.05, 0) is 37.8 Å². The number of benzene rings is 1. The molecule has 0 N–H and O–H groups in total. The van der Waals surface area contributed by atoms with Crippen molar-refractivity contribution in [1.82, 2.24) is 0 Å². The lowest BCUT2D eigenvalue weighted by Gasteiger charge is -2.39. The molecule has 0 bridgehead atoms. The molecule has 15 heavy (non-hydrogen) atoms. The highest BCUT2D eigenvalue weighted by Crippen LogP contribution is 2.37. The lowest BCUT2D eigenvalue weighted by molar-refractivity contribution is -0.00282. The number of rotatable bonds is 3. The Kier molecular flexibility index (Phi) is 2.96. The number of hydrogen-bond acceptors (Lipinski definition) is 2. The molecule has 0 spiro atoms. The van der Waals surface area contributed by atoms with Gasteiger partial charge in [-0.1, -0.05) is 18.2 Å². The van der Waals surface area contributed by atoms with E-state index in [9.17, 15) is 0 Å². The highest BCUT2D eigenvalue weighted by Gasteiger charge is 2.37. The summed E-state index contributed by atoms with van der Waals surface area (Å²) >= 11 is 0. The third kappa shape index (κ3) is 1.86. The molecule has 1 aromatic rings. The Morgan fingerprint density at radius 1 is 1.13 bits per heavy atom. The SMILES string of the molecule is COC1(N(C)c2ccccc2)CCCC1. The van der Waals surface area contributed by atoms with E-state index in [1.54, 1.807) is 0 Å². The van der Waals surface area contributed by atoms with Crippen LogP contribution in [-0.2, 0) is 4.74 Å². The van der Waals surface area contributed by atoms with Crippen molar-refractivity contribution in [2.75, 3.05) is 19.1 Å². The van der Waals surface area contributed by atoms with Gasteiger partial charge in [-0.15, -0.1) is 0 Å². The molecule has 1 aliphatic carbocycles. The average Bonchev–Trinajstić information content (AvgIpc) is 2.79. The molecule has 1 aliphatic rings. The first-order valence-electron chi connectivity index (χ1n) is 5.62. The third-order valence-electron chi connectivity index (χ3n) is 3.52. The Morgan fingerprint density at radius 3 is 2.27 bits per heavy atom. The van der Waals surface area contributed by atoms with Gasteiger partial charge in [-0.3, -0.25) is 0 Å². The quantitative estimate of drug-likeness (QED) is 0.703. The zero-order valence-corrected chi connectivity index (χ0v) is 9.57. The molecule has 0 unspecified atom stereocenters. The fourth-order valence-corrected chi connectivity index (χ4v) is 2.49. The average molecular weight is 205 g/mol. The van der Waals surface area contributed by atoms with E-state index in [2.05, 4.69) is 36.2 Å². The summed E-state index contributed by atoms with van der Waals surface area (Å²) in [7, 11) is 3.95. The standard InChI is InChI=1S/C13H19NO/c1-14(12-8-4-3-5-9-12)13(15-2)10-6-7-11-13/h3-5,8-9H,6-7,10-11H2,1-2H3. The zero-order chi connectivity index (χ0) is 10.7. The fraction of sp³-hybridized carbons (Fsp3) is 0.538. The minimum Gasteiger partial charge on any atom is -0.359 e.